The standard InChI is InChI=1S/C14H21N3O2S/c1-4-6-11-14(19)17(9(3)13(18)16-11)8-12-15-7-10(5-2)20-12/h7,9,11H,4-6,8H2,1-3H3,(H,16,18). The highest BCUT2D eigenvalue weighted by Gasteiger charge is 2.37. The van der Waals surface area contributed by atoms with Crippen LogP contribution in [0.1, 0.15) is 43.5 Å². The first kappa shape index (κ1) is 15.0. The van der Waals surface area contributed by atoms with Gasteiger partial charge in [0.15, 0.2) is 0 Å². The summed E-state index contributed by atoms with van der Waals surface area (Å²) in [5.74, 6) is -0.0671. The maximum absolute atomic E-state index is 12.4. The zero-order valence-electron chi connectivity index (χ0n) is 12.2. The molecule has 1 aromatic heterocycles. The van der Waals surface area contributed by atoms with E-state index in [-0.39, 0.29) is 17.9 Å². The van der Waals surface area contributed by atoms with Crippen LogP contribution in [0.3, 0.4) is 0 Å². The minimum atomic E-state index is -0.426. The van der Waals surface area contributed by atoms with Crippen LogP contribution in [0, 0.1) is 0 Å². The Balaban J connectivity index is 2.14. The highest BCUT2D eigenvalue weighted by atomic mass is 32.1. The van der Waals surface area contributed by atoms with E-state index in [4.69, 9.17) is 0 Å². The van der Waals surface area contributed by atoms with Crippen molar-refractivity contribution in [1.82, 2.24) is 15.2 Å². The molecule has 1 N–H and O–H groups in total. The Kier molecular flexibility index (Phi) is 4.75. The molecular formula is C14H21N3O2S. The number of thiazole rings is 1. The Morgan fingerprint density at radius 2 is 2.15 bits per heavy atom. The SMILES string of the molecule is CCCC1NC(=O)C(C)N(Cc2ncc(CC)s2)C1=O. The molecule has 0 aromatic carbocycles. The molecule has 0 bridgehead atoms. The second-order valence-electron chi connectivity index (χ2n) is 5.07. The van der Waals surface area contributed by atoms with E-state index in [1.165, 1.54) is 4.88 Å². The van der Waals surface area contributed by atoms with Gasteiger partial charge < -0.3 is 10.2 Å². The molecule has 1 aliphatic heterocycles. The molecule has 2 heterocycles. The summed E-state index contributed by atoms with van der Waals surface area (Å²) >= 11 is 1.61. The molecule has 5 nitrogen and oxygen atoms in total. The lowest BCUT2D eigenvalue weighted by Gasteiger charge is -2.36. The zero-order valence-corrected chi connectivity index (χ0v) is 13.0. The number of nitrogens with zero attached hydrogens (tertiary/aromatic N) is 2. The number of amides is 2. The topological polar surface area (TPSA) is 62.3 Å². The van der Waals surface area contributed by atoms with Crippen LogP contribution in [0.2, 0.25) is 0 Å². The molecule has 1 aromatic rings. The van der Waals surface area contributed by atoms with Crippen molar-refractivity contribution in [3.8, 4) is 0 Å². The van der Waals surface area contributed by atoms with Crippen LogP contribution in [-0.4, -0.2) is 33.8 Å². The van der Waals surface area contributed by atoms with Gasteiger partial charge in [0.2, 0.25) is 11.8 Å². The summed E-state index contributed by atoms with van der Waals surface area (Å²) in [6.45, 7) is 6.29. The third-order valence-corrected chi connectivity index (χ3v) is 4.70. The van der Waals surface area contributed by atoms with Gasteiger partial charge in [-0.1, -0.05) is 20.3 Å². The molecule has 0 aliphatic carbocycles. The van der Waals surface area contributed by atoms with Crippen LogP contribution < -0.4 is 5.32 Å². The predicted molar refractivity (Wildman–Crippen MR) is 78.3 cm³/mol. The number of hydrogen-bond donors (Lipinski definition) is 1. The first-order valence-electron chi connectivity index (χ1n) is 7.11. The third kappa shape index (κ3) is 3.00. The molecule has 0 spiro atoms. The Hall–Kier alpha value is -1.43. The predicted octanol–water partition coefficient (Wildman–Crippen LogP) is 1.72. The van der Waals surface area contributed by atoms with Crippen LogP contribution >= 0.6 is 11.3 Å². The molecule has 2 unspecified atom stereocenters. The third-order valence-electron chi connectivity index (χ3n) is 3.58. The molecule has 20 heavy (non-hydrogen) atoms. The van der Waals surface area contributed by atoms with Crippen molar-refractivity contribution in [2.45, 2.75) is 58.7 Å². The number of carbonyl (C=O) groups is 2. The summed E-state index contributed by atoms with van der Waals surface area (Å²) in [6, 6.07) is -0.807. The Morgan fingerprint density at radius 1 is 1.40 bits per heavy atom. The Labute approximate surface area is 123 Å². The molecule has 0 saturated carbocycles. The van der Waals surface area contributed by atoms with Crippen LogP contribution in [0.15, 0.2) is 6.20 Å². The van der Waals surface area contributed by atoms with E-state index in [9.17, 15) is 9.59 Å². The normalized spacial score (nSPS) is 23.1. The van der Waals surface area contributed by atoms with E-state index in [2.05, 4.69) is 17.2 Å². The number of rotatable bonds is 5. The average Bonchev–Trinajstić information content (AvgIpc) is 2.89. The molecule has 2 atom stereocenters. The number of hydrogen-bond acceptors (Lipinski definition) is 4. The molecule has 2 rings (SSSR count). The maximum Gasteiger partial charge on any atom is 0.246 e. The minimum Gasteiger partial charge on any atom is -0.343 e. The van der Waals surface area contributed by atoms with E-state index in [1.54, 1.807) is 23.2 Å². The minimum absolute atomic E-state index is 0.00667. The molecule has 1 saturated heterocycles. The van der Waals surface area contributed by atoms with Crippen molar-refractivity contribution in [2.75, 3.05) is 0 Å². The number of carbonyl (C=O) groups excluding carboxylic acids is 2. The zero-order chi connectivity index (χ0) is 14.7. The summed E-state index contributed by atoms with van der Waals surface area (Å²) < 4.78 is 0. The van der Waals surface area contributed by atoms with Gasteiger partial charge in [-0.05, 0) is 19.8 Å². The highest BCUT2D eigenvalue weighted by Crippen LogP contribution is 2.20. The largest absolute Gasteiger partial charge is 0.343 e. The number of aromatic nitrogens is 1. The lowest BCUT2D eigenvalue weighted by Crippen LogP contribution is -2.61. The summed E-state index contributed by atoms with van der Waals surface area (Å²) in [5, 5.41) is 3.70. The second-order valence-corrected chi connectivity index (χ2v) is 6.27. The van der Waals surface area contributed by atoms with Gasteiger partial charge in [-0.3, -0.25) is 9.59 Å². The summed E-state index contributed by atoms with van der Waals surface area (Å²) in [7, 11) is 0. The smallest absolute Gasteiger partial charge is 0.246 e. The summed E-state index contributed by atoms with van der Waals surface area (Å²) in [6.07, 6.45) is 4.35. The molecule has 6 heteroatoms. The Morgan fingerprint density at radius 3 is 2.75 bits per heavy atom. The van der Waals surface area contributed by atoms with Crippen LogP contribution in [0.25, 0.3) is 0 Å². The molecule has 0 radical (unpaired) electrons. The monoisotopic (exact) mass is 295 g/mol. The van der Waals surface area contributed by atoms with E-state index in [0.29, 0.717) is 13.0 Å². The van der Waals surface area contributed by atoms with Gasteiger partial charge in [0.25, 0.3) is 0 Å². The van der Waals surface area contributed by atoms with Crippen LogP contribution in [0.5, 0.6) is 0 Å². The fraction of sp³-hybridized carbons (Fsp3) is 0.643. The number of piperazine rings is 1. The first-order valence-corrected chi connectivity index (χ1v) is 7.92. The quantitative estimate of drug-likeness (QED) is 0.899. The van der Waals surface area contributed by atoms with E-state index in [1.807, 2.05) is 13.1 Å². The lowest BCUT2D eigenvalue weighted by atomic mass is 10.0. The van der Waals surface area contributed by atoms with Crippen LogP contribution in [0.4, 0.5) is 0 Å². The fourth-order valence-corrected chi connectivity index (χ4v) is 3.18. The van der Waals surface area contributed by atoms with E-state index >= 15 is 0 Å². The first-order chi connectivity index (χ1) is 9.56. The Bertz CT molecular complexity index is 500. The molecule has 110 valence electrons. The van der Waals surface area contributed by atoms with E-state index in [0.717, 1.165) is 17.8 Å². The average molecular weight is 295 g/mol. The highest BCUT2D eigenvalue weighted by molar-refractivity contribution is 7.11. The van der Waals surface area contributed by atoms with Crippen LogP contribution in [-0.2, 0) is 22.6 Å². The van der Waals surface area contributed by atoms with E-state index < -0.39 is 6.04 Å². The van der Waals surface area contributed by atoms with Crippen molar-refractivity contribution < 1.29 is 9.59 Å². The molecule has 2 amide bonds. The van der Waals surface area contributed by atoms with Gasteiger partial charge in [-0.15, -0.1) is 11.3 Å². The summed E-state index contributed by atoms with van der Waals surface area (Å²) in [5.41, 5.74) is 0. The lowest BCUT2D eigenvalue weighted by molar-refractivity contribution is -0.149. The van der Waals surface area contributed by atoms with Crippen molar-refractivity contribution in [2.24, 2.45) is 0 Å². The van der Waals surface area contributed by atoms with Gasteiger partial charge in [0.05, 0.1) is 6.54 Å². The van der Waals surface area contributed by atoms with Crippen molar-refractivity contribution in [1.29, 1.82) is 0 Å². The van der Waals surface area contributed by atoms with Crippen molar-refractivity contribution in [3.05, 3.63) is 16.1 Å². The van der Waals surface area contributed by atoms with Crippen molar-refractivity contribution >= 4 is 23.2 Å². The fourth-order valence-electron chi connectivity index (χ4n) is 2.32. The number of nitrogens with one attached hydrogen (secondary N) is 1. The second kappa shape index (κ2) is 6.35. The van der Waals surface area contributed by atoms with Gasteiger partial charge in [0, 0.05) is 11.1 Å². The van der Waals surface area contributed by atoms with Gasteiger partial charge in [-0.2, -0.15) is 0 Å². The van der Waals surface area contributed by atoms with Crippen molar-refractivity contribution in [3.63, 3.8) is 0 Å². The summed E-state index contributed by atoms with van der Waals surface area (Å²) in [4.78, 5) is 31.6. The molecular weight excluding hydrogens is 274 g/mol. The van der Waals surface area contributed by atoms with Gasteiger partial charge >= 0.3 is 0 Å². The molecule has 1 fully saturated rings. The number of aryl methyl sites for hydroxylation is 1. The van der Waals surface area contributed by atoms with Gasteiger partial charge in [-0.25, -0.2) is 4.98 Å². The van der Waals surface area contributed by atoms with Gasteiger partial charge in [0.1, 0.15) is 17.1 Å². The molecule has 1 aliphatic rings. The maximum atomic E-state index is 12.4.